The topological polar surface area (TPSA) is 51.2 Å². The van der Waals surface area contributed by atoms with Gasteiger partial charge < -0.3 is 10.1 Å². The Kier molecular flexibility index (Phi) is 4.87. The number of carbonyl (C=O) groups is 1. The lowest BCUT2D eigenvalue weighted by atomic mass is 10.1. The van der Waals surface area contributed by atoms with Crippen LogP contribution in [0.4, 0.5) is 5.69 Å². The van der Waals surface area contributed by atoms with Gasteiger partial charge in [0.05, 0.1) is 11.7 Å². The molecule has 1 aromatic heterocycles. The third-order valence-corrected chi connectivity index (χ3v) is 3.53. The lowest BCUT2D eigenvalue weighted by molar-refractivity contribution is 0.102. The van der Waals surface area contributed by atoms with Crippen molar-refractivity contribution in [3.8, 4) is 5.75 Å². The Bertz CT molecular complexity index is 873. The van der Waals surface area contributed by atoms with Gasteiger partial charge in [0.25, 0.3) is 5.91 Å². The summed E-state index contributed by atoms with van der Waals surface area (Å²) in [5.41, 5.74) is 2.17. The van der Waals surface area contributed by atoms with E-state index in [1.54, 1.807) is 12.3 Å². The van der Waals surface area contributed by atoms with Crippen LogP contribution in [0.25, 0.3) is 10.9 Å². The van der Waals surface area contributed by atoms with Crippen LogP contribution >= 0.6 is 0 Å². The summed E-state index contributed by atoms with van der Waals surface area (Å²) >= 11 is 0. The van der Waals surface area contributed by atoms with Crippen molar-refractivity contribution in [2.75, 3.05) is 11.9 Å². The summed E-state index contributed by atoms with van der Waals surface area (Å²) in [4.78, 5) is 16.7. The van der Waals surface area contributed by atoms with E-state index < -0.39 is 0 Å². The Balaban J connectivity index is 1.82. The molecule has 0 saturated heterocycles. The van der Waals surface area contributed by atoms with Crippen LogP contribution in [0.1, 0.15) is 17.3 Å². The van der Waals surface area contributed by atoms with Crippen LogP contribution < -0.4 is 10.1 Å². The lowest BCUT2D eigenvalue weighted by Gasteiger charge is -2.07. The number of nitrogens with zero attached hydrogens (tertiary/aromatic N) is 1. The largest absolute Gasteiger partial charge is 0.488 e. The highest BCUT2D eigenvalue weighted by atomic mass is 16.5. The molecule has 1 N–H and O–H groups in total. The average molecular weight is 318 g/mol. The standard InChI is InChI=1S/C20H18N2O2/c1-2-3-11-24-18-13-16-12-15(9-10-19(16)21-14-18)20(23)22-17-7-5-4-6-8-17/h2-10,12-14H,11H2,1H3,(H,22,23)/b3-2+. The van der Waals surface area contributed by atoms with Gasteiger partial charge in [-0.05, 0) is 43.3 Å². The van der Waals surface area contributed by atoms with Crippen LogP contribution in [0.5, 0.6) is 5.75 Å². The van der Waals surface area contributed by atoms with Crippen LogP contribution in [0, 0.1) is 0 Å². The maximum absolute atomic E-state index is 12.4. The minimum Gasteiger partial charge on any atom is -0.488 e. The molecular formula is C20H18N2O2. The smallest absolute Gasteiger partial charge is 0.255 e. The van der Waals surface area contributed by atoms with Gasteiger partial charge in [0.2, 0.25) is 0 Å². The Morgan fingerprint density at radius 3 is 2.79 bits per heavy atom. The maximum atomic E-state index is 12.4. The zero-order valence-corrected chi connectivity index (χ0v) is 13.4. The van der Waals surface area contributed by atoms with E-state index in [4.69, 9.17) is 4.74 Å². The van der Waals surface area contributed by atoms with E-state index in [1.807, 2.05) is 67.6 Å². The van der Waals surface area contributed by atoms with Gasteiger partial charge in [-0.15, -0.1) is 0 Å². The van der Waals surface area contributed by atoms with Crippen molar-refractivity contribution in [2.45, 2.75) is 6.92 Å². The first-order chi connectivity index (χ1) is 11.8. The molecule has 0 spiro atoms. The van der Waals surface area contributed by atoms with Crippen molar-refractivity contribution in [2.24, 2.45) is 0 Å². The predicted octanol–water partition coefficient (Wildman–Crippen LogP) is 4.44. The van der Waals surface area contributed by atoms with Crippen LogP contribution in [-0.4, -0.2) is 17.5 Å². The van der Waals surface area contributed by atoms with E-state index in [0.717, 1.165) is 16.6 Å². The lowest BCUT2D eigenvalue weighted by Crippen LogP contribution is -2.11. The molecule has 0 aliphatic carbocycles. The number of ether oxygens (including phenoxy) is 1. The second-order valence-corrected chi connectivity index (χ2v) is 5.28. The molecule has 0 radical (unpaired) electrons. The Hall–Kier alpha value is -3.14. The molecule has 3 rings (SSSR count). The molecule has 0 bridgehead atoms. The van der Waals surface area contributed by atoms with Gasteiger partial charge in [-0.25, -0.2) is 0 Å². The number of allylic oxidation sites excluding steroid dienone is 1. The van der Waals surface area contributed by atoms with Gasteiger partial charge in [0.15, 0.2) is 0 Å². The van der Waals surface area contributed by atoms with Crippen molar-refractivity contribution in [3.63, 3.8) is 0 Å². The second kappa shape index (κ2) is 7.42. The summed E-state index contributed by atoms with van der Waals surface area (Å²) in [7, 11) is 0. The van der Waals surface area contributed by atoms with E-state index in [9.17, 15) is 4.79 Å². The highest BCUT2D eigenvalue weighted by Crippen LogP contribution is 2.20. The molecule has 0 aliphatic heterocycles. The predicted molar refractivity (Wildman–Crippen MR) is 96.4 cm³/mol. The zero-order chi connectivity index (χ0) is 16.8. The summed E-state index contributed by atoms with van der Waals surface area (Å²) in [5.74, 6) is 0.532. The van der Waals surface area contributed by atoms with Crippen LogP contribution in [0.15, 0.2) is 72.9 Å². The number of hydrogen-bond acceptors (Lipinski definition) is 3. The molecule has 0 saturated carbocycles. The molecule has 4 nitrogen and oxygen atoms in total. The van der Waals surface area contributed by atoms with Crippen LogP contribution in [0.3, 0.4) is 0 Å². The Labute approximate surface area is 140 Å². The van der Waals surface area contributed by atoms with E-state index in [-0.39, 0.29) is 5.91 Å². The van der Waals surface area contributed by atoms with Crippen molar-refractivity contribution >= 4 is 22.5 Å². The quantitative estimate of drug-likeness (QED) is 0.707. The van der Waals surface area contributed by atoms with E-state index in [0.29, 0.717) is 17.9 Å². The molecule has 0 fully saturated rings. The third-order valence-electron chi connectivity index (χ3n) is 3.53. The van der Waals surface area contributed by atoms with Gasteiger partial charge >= 0.3 is 0 Å². The van der Waals surface area contributed by atoms with E-state index >= 15 is 0 Å². The van der Waals surface area contributed by atoms with Crippen molar-refractivity contribution in [1.29, 1.82) is 0 Å². The molecule has 0 atom stereocenters. The monoisotopic (exact) mass is 318 g/mol. The summed E-state index contributed by atoms with van der Waals surface area (Å²) < 4.78 is 5.60. The molecule has 1 amide bonds. The van der Waals surface area contributed by atoms with Gasteiger partial charge in [0.1, 0.15) is 12.4 Å². The molecule has 3 aromatic rings. The summed E-state index contributed by atoms with van der Waals surface area (Å²) in [6.45, 7) is 2.44. The number of hydrogen-bond donors (Lipinski definition) is 1. The molecule has 2 aromatic carbocycles. The molecule has 1 heterocycles. The highest BCUT2D eigenvalue weighted by molar-refractivity contribution is 6.06. The summed E-state index contributed by atoms with van der Waals surface area (Å²) in [5, 5.41) is 3.75. The zero-order valence-electron chi connectivity index (χ0n) is 13.4. The minimum atomic E-state index is -0.150. The van der Waals surface area contributed by atoms with Gasteiger partial charge in [-0.1, -0.05) is 30.4 Å². The number of carbonyl (C=O) groups excluding carboxylic acids is 1. The van der Waals surface area contributed by atoms with E-state index in [2.05, 4.69) is 10.3 Å². The average Bonchev–Trinajstić information content (AvgIpc) is 2.62. The van der Waals surface area contributed by atoms with Crippen molar-refractivity contribution in [1.82, 2.24) is 4.98 Å². The number of anilines is 1. The fraction of sp³-hybridized carbons (Fsp3) is 0.100. The number of rotatable bonds is 5. The number of benzene rings is 2. The number of fused-ring (bicyclic) bond motifs is 1. The van der Waals surface area contributed by atoms with E-state index in [1.165, 1.54) is 0 Å². The molecular weight excluding hydrogens is 300 g/mol. The normalized spacial score (nSPS) is 10.9. The molecule has 0 unspecified atom stereocenters. The number of para-hydroxylation sites is 1. The molecule has 24 heavy (non-hydrogen) atoms. The number of pyridine rings is 1. The number of aromatic nitrogens is 1. The van der Waals surface area contributed by atoms with Crippen LogP contribution in [-0.2, 0) is 0 Å². The summed E-state index contributed by atoms with van der Waals surface area (Å²) in [6, 6.07) is 16.7. The maximum Gasteiger partial charge on any atom is 0.255 e. The third kappa shape index (κ3) is 3.79. The SMILES string of the molecule is C/C=C/COc1cnc2ccc(C(=O)Nc3ccccc3)cc2c1. The molecule has 0 aliphatic rings. The van der Waals surface area contributed by atoms with Crippen molar-refractivity contribution < 1.29 is 9.53 Å². The fourth-order valence-electron chi connectivity index (χ4n) is 2.30. The molecule has 120 valence electrons. The second-order valence-electron chi connectivity index (χ2n) is 5.28. The summed E-state index contributed by atoms with van der Waals surface area (Å²) in [6.07, 6.45) is 5.55. The Morgan fingerprint density at radius 2 is 2.00 bits per heavy atom. The molecule has 4 heteroatoms. The first kappa shape index (κ1) is 15.7. The highest BCUT2D eigenvalue weighted by Gasteiger charge is 2.08. The van der Waals surface area contributed by atoms with Crippen molar-refractivity contribution in [3.05, 3.63) is 78.5 Å². The van der Waals surface area contributed by atoms with Gasteiger partial charge in [-0.3, -0.25) is 9.78 Å². The first-order valence-electron chi connectivity index (χ1n) is 7.76. The fourth-order valence-corrected chi connectivity index (χ4v) is 2.30. The Morgan fingerprint density at radius 1 is 1.17 bits per heavy atom. The first-order valence-corrected chi connectivity index (χ1v) is 7.76. The van der Waals surface area contributed by atoms with Crippen LogP contribution in [0.2, 0.25) is 0 Å². The number of nitrogens with one attached hydrogen (secondary N) is 1. The minimum absolute atomic E-state index is 0.150. The van der Waals surface area contributed by atoms with Gasteiger partial charge in [0, 0.05) is 16.6 Å². The van der Waals surface area contributed by atoms with Gasteiger partial charge in [-0.2, -0.15) is 0 Å². The number of amides is 1.